The lowest BCUT2D eigenvalue weighted by molar-refractivity contribution is 0.0663. The molecule has 0 aliphatic rings. The van der Waals surface area contributed by atoms with E-state index in [1.54, 1.807) is 19.0 Å². The van der Waals surface area contributed by atoms with Gasteiger partial charge in [-0.2, -0.15) is 0 Å². The van der Waals surface area contributed by atoms with E-state index in [1.807, 2.05) is 0 Å². The summed E-state index contributed by atoms with van der Waals surface area (Å²) in [7, 11) is 3.44. The van der Waals surface area contributed by atoms with Crippen molar-refractivity contribution in [3.05, 3.63) is 16.8 Å². The van der Waals surface area contributed by atoms with E-state index in [9.17, 15) is 4.79 Å². The van der Waals surface area contributed by atoms with Crippen molar-refractivity contribution in [2.75, 3.05) is 19.0 Å². The molecule has 12 heavy (non-hydrogen) atoms. The van der Waals surface area contributed by atoms with E-state index in [-0.39, 0.29) is 5.76 Å². The molecule has 0 aliphatic carbocycles. The Morgan fingerprint density at radius 1 is 1.67 bits per heavy atom. The first kappa shape index (κ1) is 8.93. The molecule has 0 saturated heterocycles. The van der Waals surface area contributed by atoms with Crippen LogP contribution in [0, 0.1) is 0 Å². The Morgan fingerprint density at radius 2 is 2.25 bits per heavy atom. The van der Waals surface area contributed by atoms with Crippen LogP contribution in [0.4, 0.5) is 5.88 Å². The largest absolute Gasteiger partial charge is 0.475 e. The zero-order chi connectivity index (χ0) is 9.30. The van der Waals surface area contributed by atoms with Gasteiger partial charge in [0.1, 0.15) is 5.02 Å². The van der Waals surface area contributed by atoms with E-state index in [4.69, 9.17) is 21.1 Å². The molecule has 1 aromatic heterocycles. The van der Waals surface area contributed by atoms with E-state index < -0.39 is 5.97 Å². The van der Waals surface area contributed by atoms with Crippen molar-refractivity contribution >= 4 is 23.5 Å². The van der Waals surface area contributed by atoms with Crippen LogP contribution < -0.4 is 4.90 Å². The molecule has 1 heterocycles. The minimum Gasteiger partial charge on any atom is -0.475 e. The zero-order valence-electron chi connectivity index (χ0n) is 6.67. The van der Waals surface area contributed by atoms with Crippen molar-refractivity contribution in [1.82, 2.24) is 0 Å². The molecule has 0 aliphatic heterocycles. The number of carboxylic acids is 1. The van der Waals surface area contributed by atoms with Gasteiger partial charge in [0.2, 0.25) is 11.6 Å². The molecular weight excluding hydrogens is 182 g/mol. The highest BCUT2D eigenvalue weighted by Crippen LogP contribution is 2.27. The fourth-order valence-corrected chi connectivity index (χ4v) is 1.08. The Bertz CT molecular complexity index is 306. The monoisotopic (exact) mass is 189 g/mol. The summed E-state index contributed by atoms with van der Waals surface area (Å²) in [5.74, 6) is -0.914. The lowest BCUT2D eigenvalue weighted by Crippen LogP contribution is -2.07. The highest BCUT2D eigenvalue weighted by atomic mass is 35.5. The molecule has 0 saturated carbocycles. The van der Waals surface area contributed by atoms with Gasteiger partial charge in [0.05, 0.1) is 0 Å². The number of carbonyl (C=O) groups is 1. The molecule has 0 spiro atoms. The van der Waals surface area contributed by atoms with Crippen molar-refractivity contribution in [1.29, 1.82) is 0 Å². The quantitative estimate of drug-likeness (QED) is 0.770. The van der Waals surface area contributed by atoms with Crippen LogP contribution in [0.3, 0.4) is 0 Å². The summed E-state index contributed by atoms with van der Waals surface area (Å²) < 4.78 is 4.93. The smallest absolute Gasteiger partial charge is 0.371 e. The van der Waals surface area contributed by atoms with Gasteiger partial charge in [-0.15, -0.1) is 0 Å². The van der Waals surface area contributed by atoms with Gasteiger partial charge in [-0.1, -0.05) is 11.6 Å². The Kier molecular flexibility index (Phi) is 2.28. The topological polar surface area (TPSA) is 53.7 Å². The van der Waals surface area contributed by atoms with Crippen molar-refractivity contribution in [2.24, 2.45) is 0 Å². The number of furan rings is 1. The van der Waals surface area contributed by atoms with Gasteiger partial charge in [-0.3, -0.25) is 0 Å². The third-order valence-corrected chi connectivity index (χ3v) is 1.56. The van der Waals surface area contributed by atoms with Crippen molar-refractivity contribution in [3.8, 4) is 0 Å². The van der Waals surface area contributed by atoms with Crippen LogP contribution in [0.5, 0.6) is 0 Å². The first-order valence-corrected chi connectivity index (χ1v) is 3.60. The van der Waals surface area contributed by atoms with E-state index in [2.05, 4.69) is 0 Å². The van der Waals surface area contributed by atoms with Crippen molar-refractivity contribution in [3.63, 3.8) is 0 Å². The molecule has 1 aromatic rings. The molecule has 0 aromatic carbocycles. The summed E-state index contributed by atoms with van der Waals surface area (Å²) >= 11 is 5.69. The standard InChI is InChI=1S/C7H8ClNO3/c1-9(2)6-4(8)3-5(12-6)7(10)11/h3H,1-2H3,(H,10,11). The maximum absolute atomic E-state index is 10.4. The summed E-state index contributed by atoms with van der Waals surface area (Å²) in [6, 6.07) is 1.28. The minimum atomic E-state index is -1.12. The van der Waals surface area contributed by atoms with Gasteiger partial charge in [0, 0.05) is 20.2 Å². The third kappa shape index (κ3) is 1.53. The second-order valence-electron chi connectivity index (χ2n) is 2.46. The molecule has 1 rings (SSSR count). The number of hydrogen-bond acceptors (Lipinski definition) is 3. The maximum Gasteiger partial charge on any atom is 0.371 e. The van der Waals surface area contributed by atoms with Crippen LogP contribution in [0.1, 0.15) is 10.6 Å². The van der Waals surface area contributed by atoms with E-state index in [0.29, 0.717) is 10.9 Å². The summed E-state index contributed by atoms with van der Waals surface area (Å²) in [4.78, 5) is 12.0. The van der Waals surface area contributed by atoms with Gasteiger partial charge in [0.25, 0.3) is 0 Å². The second kappa shape index (κ2) is 3.06. The normalized spacial score (nSPS) is 9.92. The molecule has 0 bridgehead atoms. The first-order valence-electron chi connectivity index (χ1n) is 3.22. The lowest BCUT2D eigenvalue weighted by atomic mass is 10.4. The number of nitrogens with zero attached hydrogens (tertiary/aromatic N) is 1. The van der Waals surface area contributed by atoms with Crippen LogP contribution in [0.25, 0.3) is 0 Å². The first-order chi connectivity index (χ1) is 5.52. The molecule has 1 N–H and O–H groups in total. The van der Waals surface area contributed by atoms with Crippen LogP contribution in [0.2, 0.25) is 5.02 Å². The summed E-state index contributed by atoms with van der Waals surface area (Å²) in [5, 5.41) is 8.84. The molecule has 4 nitrogen and oxygen atoms in total. The van der Waals surface area contributed by atoms with Gasteiger partial charge in [-0.25, -0.2) is 4.79 Å². The molecular formula is C7H8ClNO3. The average molecular weight is 190 g/mol. The van der Waals surface area contributed by atoms with Gasteiger partial charge >= 0.3 is 5.97 Å². The summed E-state index contributed by atoms with van der Waals surface area (Å²) in [6.07, 6.45) is 0. The molecule has 66 valence electrons. The average Bonchev–Trinajstić information content (AvgIpc) is 2.30. The van der Waals surface area contributed by atoms with Crippen LogP contribution in [0.15, 0.2) is 10.5 Å². The van der Waals surface area contributed by atoms with E-state index in [1.165, 1.54) is 6.07 Å². The fraction of sp³-hybridized carbons (Fsp3) is 0.286. The van der Waals surface area contributed by atoms with Gasteiger partial charge in [-0.05, 0) is 0 Å². The van der Waals surface area contributed by atoms with Gasteiger partial charge < -0.3 is 14.4 Å². The van der Waals surface area contributed by atoms with E-state index >= 15 is 0 Å². The Labute approximate surface area is 74.3 Å². The molecule has 0 radical (unpaired) electrons. The number of hydrogen-bond donors (Lipinski definition) is 1. The van der Waals surface area contributed by atoms with Crippen LogP contribution >= 0.6 is 11.6 Å². The number of aromatic carboxylic acids is 1. The zero-order valence-corrected chi connectivity index (χ0v) is 7.42. The molecule has 0 amide bonds. The predicted molar refractivity (Wildman–Crippen MR) is 45.0 cm³/mol. The predicted octanol–water partition coefficient (Wildman–Crippen LogP) is 1.70. The van der Waals surface area contributed by atoms with Gasteiger partial charge in [0.15, 0.2) is 0 Å². The molecule has 0 fully saturated rings. The number of carboxylic acid groups (broad SMARTS) is 1. The highest BCUT2D eigenvalue weighted by molar-refractivity contribution is 6.33. The number of anilines is 1. The third-order valence-electron chi connectivity index (χ3n) is 1.29. The molecule has 5 heteroatoms. The number of halogens is 1. The van der Waals surface area contributed by atoms with Crippen LogP contribution in [-0.2, 0) is 0 Å². The highest BCUT2D eigenvalue weighted by Gasteiger charge is 2.15. The van der Waals surface area contributed by atoms with Crippen LogP contribution in [-0.4, -0.2) is 25.2 Å². The fourth-order valence-electron chi connectivity index (χ4n) is 0.769. The number of rotatable bonds is 2. The Hall–Kier alpha value is -1.16. The Morgan fingerprint density at radius 3 is 2.50 bits per heavy atom. The van der Waals surface area contributed by atoms with Crippen molar-refractivity contribution in [2.45, 2.75) is 0 Å². The second-order valence-corrected chi connectivity index (χ2v) is 2.87. The minimum absolute atomic E-state index is 0.149. The molecule has 0 unspecified atom stereocenters. The summed E-state index contributed by atoms with van der Waals surface area (Å²) in [5.41, 5.74) is 0. The SMILES string of the molecule is CN(C)c1oc(C(=O)O)cc1Cl. The van der Waals surface area contributed by atoms with Crippen molar-refractivity contribution < 1.29 is 14.3 Å². The maximum atomic E-state index is 10.4. The summed E-state index contributed by atoms with van der Waals surface area (Å²) in [6.45, 7) is 0. The van der Waals surface area contributed by atoms with E-state index in [0.717, 1.165) is 0 Å². The Balaban J connectivity index is 3.09. The lowest BCUT2D eigenvalue weighted by Gasteiger charge is -2.07. The molecule has 0 atom stereocenters.